The first kappa shape index (κ1) is 21.5. The SMILES string of the molecule is CCCCOC1CCS(=O)(=O)c2c(C)cc(C(=O)c3c[nH]n(CC)c3=O)c(C)c21. The van der Waals surface area contributed by atoms with Gasteiger partial charge in [-0.05, 0) is 50.8 Å². The Morgan fingerprint density at radius 1 is 1.28 bits per heavy atom. The van der Waals surface area contributed by atoms with E-state index in [-0.39, 0.29) is 27.9 Å². The molecule has 0 spiro atoms. The van der Waals surface area contributed by atoms with Gasteiger partial charge in [0.2, 0.25) is 0 Å². The maximum Gasteiger partial charge on any atom is 0.277 e. The average Bonchev–Trinajstić information content (AvgIpc) is 3.05. The van der Waals surface area contributed by atoms with Crippen LogP contribution in [0.25, 0.3) is 0 Å². The Labute approximate surface area is 171 Å². The van der Waals surface area contributed by atoms with Crippen LogP contribution in [0.3, 0.4) is 0 Å². The Balaban J connectivity index is 2.15. The monoisotopic (exact) mass is 420 g/mol. The van der Waals surface area contributed by atoms with E-state index in [0.717, 1.165) is 12.8 Å². The number of hydrogen-bond acceptors (Lipinski definition) is 5. The number of ketones is 1. The summed E-state index contributed by atoms with van der Waals surface area (Å²) in [6.45, 7) is 8.28. The average molecular weight is 421 g/mol. The van der Waals surface area contributed by atoms with Crippen LogP contribution < -0.4 is 5.56 Å². The van der Waals surface area contributed by atoms with E-state index in [1.54, 1.807) is 19.9 Å². The van der Waals surface area contributed by atoms with Gasteiger partial charge in [-0.15, -0.1) is 0 Å². The molecule has 2 heterocycles. The van der Waals surface area contributed by atoms with Gasteiger partial charge < -0.3 is 9.84 Å². The number of sulfone groups is 1. The highest BCUT2D eigenvalue weighted by Gasteiger charge is 2.36. The van der Waals surface area contributed by atoms with Crippen molar-refractivity contribution in [1.29, 1.82) is 0 Å². The molecule has 1 N–H and O–H groups in total. The molecule has 1 aromatic heterocycles. The number of H-pyrrole nitrogens is 1. The second-order valence-electron chi connectivity index (χ2n) is 7.50. The maximum atomic E-state index is 13.2. The van der Waals surface area contributed by atoms with E-state index in [9.17, 15) is 18.0 Å². The molecule has 2 aromatic rings. The maximum absolute atomic E-state index is 13.2. The lowest BCUT2D eigenvalue weighted by Gasteiger charge is -2.29. The number of nitrogens with zero attached hydrogens (tertiary/aromatic N) is 1. The number of aromatic amines is 1. The summed E-state index contributed by atoms with van der Waals surface area (Å²) in [5, 5.41) is 2.79. The van der Waals surface area contributed by atoms with Crippen LogP contribution in [0.15, 0.2) is 22.0 Å². The highest BCUT2D eigenvalue weighted by molar-refractivity contribution is 7.91. The molecule has 1 aromatic carbocycles. The van der Waals surface area contributed by atoms with Gasteiger partial charge in [-0.25, -0.2) is 8.42 Å². The topological polar surface area (TPSA) is 98.2 Å². The molecule has 158 valence electrons. The number of ether oxygens (including phenoxy) is 1. The van der Waals surface area contributed by atoms with Gasteiger partial charge in [-0.2, -0.15) is 0 Å². The number of aromatic nitrogens is 2. The largest absolute Gasteiger partial charge is 0.373 e. The number of hydrogen-bond donors (Lipinski definition) is 1. The Morgan fingerprint density at radius 2 is 2.00 bits per heavy atom. The molecule has 1 aliphatic rings. The molecule has 0 bridgehead atoms. The number of unbranched alkanes of at least 4 members (excludes halogenated alkanes) is 1. The second-order valence-corrected chi connectivity index (χ2v) is 9.54. The molecular formula is C21H28N2O5S. The third-order valence-electron chi connectivity index (χ3n) is 5.52. The first-order chi connectivity index (χ1) is 13.7. The Bertz CT molecular complexity index is 1100. The first-order valence-electron chi connectivity index (χ1n) is 10.0. The predicted octanol–water partition coefficient (Wildman–Crippen LogP) is 3.08. The number of benzene rings is 1. The smallest absolute Gasteiger partial charge is 0.277 e. The van der Waals surface area contributed by atoms with Gasteiger partial charge in [0, 0.05) is 30.5 Å². The summed E-state index contributed by atoms with van der Waals surface area (Å²) in [6.07, 6.45) is 3.27. The fraction of sp³-hybridized carbons (Fsp3) is 0.524. The summed E-state index contributed by atoms with van der Waals surface area (Å²) < 4.78 is 32.9. The van der Waals surface area contributed by atoms with Crippen LogP contribution in [-0.4, -0.2) is 36.3 Å². The van der Waals surface area contributed by atoms with Crippen LogP contribution in [0.5, 0.6) is 0 Å². The van der Waals surface area contributed by atoms with Gasteiger partial charge in [-0.3, -0.25) is 14.3 Å². The van der Waals surface area contributed by atoms with Gasteiger partial charge in [-0.1, -0.05) is 13.3 Å². The number of carbonyl (C=O) groups excluding carboxylic acids is 1. The number of fused-ring (bicyclic) bond motifs is 1. The molecule has 1 unspecified atom stereocenters. The molecule has 3 rings (SSSR count). The molecule has 0 fully saturated rings. The first-order valence-corrected chi connectivity index (χ1v) is 11.7. The zero-order valence-corrected chi connectivity index (χ0v) is 18.2. The lowest BCUT2D eigenvalue weighted by Crippen LogP contribution is -2.26. The van der Waals surface area contributed by atoms with Crippen molar-refractivity contribution in [3.8, 4) is 0 Å². The normalized spacial score (nSPS) is 17.9. The minimum Gasteiger partial charge on any atom is -0.373 e. The van der Waals surface area contributed by atoms with Crippen LogP contribution >= 0.6 is 0 Å². The van der Waals surface area contributed by atoms with E-state index in [2.05, 4.69) is 12.0 Å². The minimum absolute atomic E-state index is 0.0311. The lowest BCUT2D eigenvalue weighted by molar-refractivity contribution is 0.0446. The fourth-order valence-corrected chi connectivity index (χ4v) is 5.85. The number of carbonyl (C=O) groups is 1. The van der Waals surface area contributed by atoms with E-state index >= 15 is 0 Å². The van der Waals surface area contributed by atoms with Gasteiger partial charge in [0.05, 0.1) is 16.8 Å². The highest BCUT2D eigenvalue weighted by Crippen LogP contribution is 2.40. The Kier molecular flexibility index (Phi) is 6.14. The van der Waals surface area contributed by atoms with E-state index in [4.69, 9.17) is 4.74 Å². The summed E-state index contributed by atoms with van der Waals surface area (Å²) in [5.74, 6) is -0.374. The molecule has 7 nitrogen and oxygen atoms in total. The number of nitrogens with one attached hydrogen (secondary N) is 1. The third kappa shape index (κ3) is 3.83. The van der Waals surface area contributed by atoms with Crippen LogP contribution in [-0.2, 0) is 21.1 Å². The van der Waals surface area contributed by atoms with Crippen molar-refractivity contribution in [3.05, 3.63) is 50.4 Å². The quantitative estimate of drug-likeness (QED) is 0.548. The van der Waals surface area contributed by atoms with Crippen molar-refractivity contribution >= 4 is 15.6 Å². The Morgan fingerprint density at radius 3 is 2.62 bits per heavy atom. The lowest BCUT2D eigenvalue weighted by atomic mass is 9.90. The molecule has 0 aliphatic carbocycles. The van der Waals surface area contributed by atoms with Crippen LogP contribution in [0.4, 0.5) is 0 Å². The summed E-state index contributed by atoms with van der Waals surface area (Å²) in [6, 6.07) is 1.59. The van der Waals surface area contributed by atoms with Gasteiger partial charge in [0.25, 0.3) is 5.56 Å². The van der Waals surface area contributed by atoms with Crippen molar-refractivity contribution < 1.29 is 17.9 Å². The summed E-state index contributed by atoms with van der Waals surface area (Å²) >= 11 is 0. The molecule has 0 radical (unpaired) electrons. The molecule has 29 heavy (non-hydrogen) atoms. The second kappa shape index (κ2) is 8.28. The van der Waals surface area contributed by atoms with Gasteiger partial charge in [0.1, 0.15) is 5.56 Å². The summed E-state index contributed by atoms with van der Waals surface area (Å²) in [4.78, 5) is 25.9. The van der Waals surface area contributed by atoms with Gasteiger partial charge in [0.15, 0.2) is 15.6 Å². The third-order valence-corrected chi connectivity index (χ3v) is 7.45. The van der Waals surface area contributed by atoms with Crippen molar-refractivity contribution in [2.75, 3.05) is 12.4 Å². The molecule has 1 aliphatic heterocycles. The zero-order chi connectivity index (χ0) is 21.3. The molecular weight excluding hydrogens is 392 g/mol. The van der Waals surface area contributed by atoms with Gasteiger partial charge >= 0.3 is 0 Å². The summed E-state index contributed by atoms with van der Waals surface area (Å²) in [5.41, 5.74) is 1.68. The molecule has 0 saturated carbocycles. The molecule has 0 amide bonds. The van der Waals surface area contributed by atoms with Crippen LogP contribution in [0, 0.1) is 13.8 Å². The fourth-order valence-electron chi connectivity index (χ4n) is 3.95. The van der Waals surface area contributed by atoms with Crippen molar-refractivity contribution in [1.82, 2.24) is 9.78 Å². The van der Waals surface area contributed by atoms with E-state index in [1.165, 1.54) is 10.9 Å². The predicted molar refractivity (Wildman–Crippen MR) is 110 cm³/mol. The number of aryl methyl sites for hydroxylation is 2. The van der Waals surface area contributed by atoms with E-state index < -0.39 is 15.6 Å². The molecule has 8 heteroatoms. The summed E-state index contributed by atoms with van der Waals surface area (Å²) in [7, 11) is -3.44. The molecule has 1 atom stereocenters. The highest BCUT2D eigenvalue weighted by atomic mass is 32.2. The Hall–Kier alpha value is -2.19. The van der Waals surface area contributed by atoms with Crippen molar-refractivity contribution in [2.24, 2.45) is 0 Å². The van der Waals surface area contributed by atoms with E-state index in [1.807, 2.05) is 6.92 Å². The minimum atomic E-state index is -3.44. The van der Waals surface area contributed by atoms with Crippen LogP contribution in [0.1, 0.15) is 71.8 Å². The van der Waals surface area contributed by atoms with E-state index in [0.29, 0.717) is 41.8 Å². The van der Waals surface area contributed by atoms with Crippen LogP contribution in [0.2, 0.25) is 0 Å². The molecule has 0 saturated heterocycles. The zero-order valence-electron chi connectivity index (χ0n) is 17.4. The van der Waals surface area contributed by atoms with Crippen molar-refractivity contribution in [2.45, 2.75) is 64.5 Å². The number of rotatable bonds is 7. The standard InChI is InChI=1S/C21H28N2O5S/c1-5-7-9-28-17-8-10-29(26,27)20-13(3)11-15(14(4)18(17)20)19(24)16-12-22-23(6-2)21(16)25/h11-12,17,22H,5-10H2,1-4H3. The van der Waals surface area contributed by atoms with Crippen molar-refractivity contribution in [3.63, 3.8) is 0 Å².